The van der Waals surface area contributed by atoms with Crippen molar-refractivity contribution in [2.45, 2.75) is 12.8 Å². The number of allylic oxidation sites excluding steroid dienone is 4. The van der Waals surface area contributed by atoms with Crippen LogP contribution in [-0.2, 0) is 19.2 Å². The minimum Gasteiger partial charge on any atom is -0.335 e. The van der Waals surface area contributed by atoms with Crippen molar-refractivity contribution >= 4 is 46.8 Å². The molecule has 3 aliphatic heterocycles. The van der Waals surface area contributed by atoms with E-state index in [1.807, 2.05) is 0 Å². The highest BCUT2D eigenvalue weighted by atomic mass is 16.2. The summed E-state index contributed by atoms with van der Waals surface area (Å²) in [5.41, 5.74) is 1.90. The lowest BCUT2D eigenvalue weighted by atomic mass is 9.85. The van der Waals surface area contributed by atoms with E-state index in [4.69, 9.17) is 0 Å². The molecule has 0 spiro atoms. The Morgan fingerprint density at radius 2 is 0.739 bits per heavy atom. The zero-order chi connectivity index (χ0) is 31.4. The van der Waals surface area contributed by atoms with E-state index >= 15 is 0 Å². The van der Waals surface area contributed by atoms with Gasteiger partial charge < -0.3 is 9.80 Å². The van der Waals surface area contributed by atoms with Crippen molar-refractivity contribution in [3.63, 3.8) is 0 Å². The number of nitrogens with zero attached hydrogens (tertiary/aromatic N) is 4. The third-order valence-corrected chi connectivity index (χ3v) is 11.5. The fourth-order valence-electron chi connectivity index (χ4n) is 9.30. The molecule has 10 heteroatoms. The Balaban J connectivity index is 0.818. The van der Waals surface area contributed by atoms with Crippen molar-refractivity contribution in [3.05, 3.63) is 84.0 Å². The summed E-state index contributed by atoms with van der Waals surface area (Å²) in [4.78, 5) is 85.1. The van der Waals surface area contributed by atoms with Crippen LogP contribution in [0.25, 0.3) is 0 Å². The third-order valence-electron chi connectivity index (χ3n) is 11.5. The largest absolute Gasteiger partial charge is 0.335 e. The van der Waals surface area contributed by atoms with E-state index in [2.05, 4.69) is 24.3 Å². The Kier molecular flexibility index (Phi) is 5.86. The molecule has 4 aliphatic carbocycles. The highest BCUT2D eigenvalue weighted by Gasteiger charge is 2.60. The molecule has 0 unspecified atom stereocenters. The fourth-order valence-corrected chi connectivity index (χ4v) is 9.30. The standard InChI is InChI=1S/C36H32N4O6/c41-31(19-5-9-25(10-6-19)39-33(43)27-21-1-2-22(17-21)28(27)34(39)44)37-13-15-38(16-14-37)32(42)20-7-11-26(12-8-20)40-35(45)29-23-3-4-24(18-23)30(29)36(40)46/h1-12,21-24,27-30H,13-18H2/t21-,22-,23-,24+,27-,28+,29-,30-/m0/s1. The Morgan fingerprint density at radius 1 is 0.457 bits per heavy atom. The Morgan fingerprint density at radius 3 is 1.02 bits per heavy atom. The molecule has 8 atom stereocenters. The number of rotatable bonds is 4. The first kappa shape index (κ1) is 27.5. The molecule has 3 heterocycles. The minimum atomic E-state index is -0.271. The fraction of sp³-hybridized carbons (Fsp3) is 0.389. The molecule has 0 N–H and O–H groups in total. The van der Waals surface area contributed by atoms with Crippen molar-refractivity contribution in [2.24, 2.45) is 47.3 Å². The number of amides is 6. The number of carbonyl (C=O) groups excluding carboxylic acids is 6. The van der Waals surface area contributed by atoms with Crippen LogP contribution in [0.5, 0.6) is 0 Å². The third kappa shape index (κ3) is 3.75. The summed E-state index contributed by atoms with van der Waals surface area (Å²) in [6.07, 6.45) is 10.0. The highest BCUT2D eigenvalue weighted by Crippen LogP contribution is 2.54. The van der Waals surface area contributed by atoms with Crippen molar-refractivity contribution in [3.8, 4) is 0 Å². The van der Waals surface area contributed by atoms with Crippen LogP contribution in [0.2, 0.25) is 0 Å². The summed E-state index contributed by atoms with van der Waals surface area (Å²) in [5.74, 6) is -1.46. The number of carbonyl (C=O) groups is 6. The van der Waals surface area contributed by atoms with Crippen molar-refractivity contribution in [1.82, 2.24) is 9.80 Å². The summed E-state index contributed by atoms with van der Waals surface area (Å²) in [5, 5.41) is 0. The SMILES string of the molecule is O=C(c1ccc(N2C(=O)[C@@H]3[C@@H](C2=O)[C@H]2C=C[C@@H]3C2)cc1)N1CCN(C(=O)c2ccc(N3C(=O)[C@@H]4[C@H](C3=O)[C@H]3C=C[C@H]4C3)cc2)CC1. The monoisotopic (exact) mass is 616 g/mol. The summed E-state index contributed by atoms with van der Waals surface area (Å²) in [7, 11) is 0. The maximum absolute atomic E-state index is 13.3. The van der Waals surface area contributed by atoms with Gasteiger partial charge in [-0.3, -0.25) is 38.6 Å². The van der Waals surface area contributed by atoms with Gasteiger partial charge in [-0.15, -0.1) is 0 Å². The second-order valence-corrected chi connectivity index (χ2v) is 13.7. The first-order valence-corrected chi connectivity index (χ1v) is 16.2. The van der Waals surface area contributed by atoms with E-state index in [-0.39, 0.29) is 82.8 Å². The number of anilines is 2. The molecule has 5 fully saturated rings. The van der Waals surface area contributed by atoms with Gasteiger partial charge in [-0.1, -0.05) is 24.3 Å². The molecule has 0 aromatic heterocycles. The van der Waals surface area contributed by atoms with Gasteiger partial charge in [0.1, 0.15) is 0 Å². The molecular weight excluding hydrogens is 584 g/mol. The Hall–Kier alpha value is -4.86. The van der Waals surface area contributed by atoms with Crippen molar-refractivity contribution in [2.75, 3.05) is 36.0 Å². The van der Waals surface area contributed by atoms with Gasteiger partial charge in [0.15, 0.2) is 0 Å². The van der Waals surface area contributed by atoms with E-state index in [1.165, 1.54) is 9.80 Å². The zero-order valence-corrected chi connectivity index (χ0v) is 25.0. The second-order valence-electron chi connectivity index (χ2n) is 13.7. The summed E-state index contributed by atoms with van der Waals surface area (Å²) in [6.45, 7) is 1.45. The quantitative estimate of drug-likeness (QED) is 0.386. The normalized spacial score (nSPS) is 33.6. The first-order chi connectivity index (χ1) is 22.3. The van der Waals surface area contributed by atoms with E-state index in [0.29, 0.717) is 48.7 Å². The molecule has 46 heavy (non-hydrogen) atoms. The lowest BCUT2D eigenvalue weighted by Gasteiger charge is -2.35. The average molecular weight is 617 g/mol. The van der Waals surface area contributed by atoms with Gasteiger partial charge in [0.05, 0.1) is 35.0 Å². The molecule has 232 valence electrons. The maximum atomic E-state index is 13.3. The number of imide groups is 2. The molecule has 3 saturated heterocycles. The van der Waals surface area contributed by atoms with Crippen molar-refractivity contribution < 1.29 is 28.8 Å². The van der Waals surface area contributed by atoms with Crippen LogP contribution in [0.15, 0.2) is 72.8 Å². The summed E-state index contributed by atoms with van der Waals surface area (Å²) in [6, 6.07) is 13.3. The number of benzene rings is 2. The molecule has 2 saturated carbocycles. The molecule has 2 aromatic rings. The van der Waals surface area contributed by atoms with E-state index in [0.717, 1.165) is 12.8 Å². The van der Waals surface area contributed by atoms with Crippen molar-refractivity contribution in [1.29, 1.82) is 0 Å². The van der Waals surface area contributed by atoms with Crippen LogP contribution in [0.3, 0.4) is 0 Å². The van der Waals surface area contributed by atoms with Gasteiger partial charge in [0, 0.05) is 37.3 Å². The summed E-state index contributed by atoms with van der Waals surface area (Å²) < 4.78 is 0. The van der Waals surface area contributed by atoms with E-state index < -0.39 is 0 Å². The minimum absolute atomic E-state index is 0.140. The van der Waals surface area contributed by atoms with Crippen LogP contribution in [-0.4, -0.2) is 71.4 Å². The summed E-state index contributed by atoms with van der Waals surface area (Å²) >= 11 is 0. The van der Waals surface area contributed by atoms with Crippen LogP contribution >= 0.6 is 0 Å². The number of fused-ring (bicyclic) bond motifs is 10. The average Bonchev–Trinajstić information content (AvgIpc) is 3.94. The molecule has 0 radical (unpaired) electrons. The topological polar surface area (TPSA) is 115 Å². The predicted octanol–water partition coefficient (Wildman–Crippen LogP) is 2.91. The number of piperazine rings is 1. The van der Waals surface area contributed by atoms with Gasteiger partial charge in [0.2, 0.25) is 23.6 Å². The lowest BCUT2D eigenvalue weighted by Crippen LogP contribution is -2.50. The smallest absolute Gasteiger partial charge is 0.253 e. The van der Waals surface area contributed by atoms with Gasteiger partial charge in [-0.05, 0) is 85.0 Å². The lowest BCUT2D eigenvalue weighted by molar-refractivity contribution is -0.124. The van der Waals surface area contributed by atoms with Crippen LogP contribution in [0.1, 0.15) is 33.6 Å². The Bertz CT molecular complexity index is 1600. The molecule has 9 rings (SSSR count). The molecule has 6 amide bonds. The van der Waals surface area contributed by atoms with Gasteiger partial charge >= 0.3 is 0 Å². The van der Waals surface area contributed by atoms with Gasteiger partial charge in [-0.25, -0.2) is 0 Å². The zero-order valence-electron chi connectivity index (χ0n) is 25.0. The van der Waals surface area contributed by atoms with E-state index in [9.17, 15) is 28.8 Å². The van der Waals surface area contributed by atoms with E-state index in [1.54, 1.807) is 58.3 Å². The first-order valence-electron chi connectivity index (χ1n) is 16.2. The van der Waals surface area contributed by atoms with Crippen LogP contribution in [0.4, 0.5) is 11.4 Å². The molecule has 10 nitrogen and oxygen atoms in total. The highest BCUT2D eigenvalue weighted by molar-refractivity contribution is 6.23. The second kappa shape index (κ2) is 9.82. The molecule has 7 aliphatic rings. The number of hydrogen-bond donors (Lipinski definition) is 0. The van der Waals surface area contributed by atoms with Crippen LogP contribution < -0.4 is 9.80 Å². The van der Waals surface area contributed by atoms with Gasteiger partial charge in [0.25, 0.3) is 11.8 Å². The number of hydrogen-bond acceptors (Lipinski definition) is 6. The predicted molar refractivity (Wildman–Crippen MR) is 165 cm³/mol. The van der Waals surface area contributed by atoms with Gasteiger partial charge in [-0.2, -0.15) is 0 Å². The molecule has 2 aromatic carbocycles. The van der Waals surface area contributed by atoms with Crippen LogP contribution in [0, 0.1) is 47.3 Å². The Labute approximate surface area is 265 Å². The maximum Gasteiger partial charge on any atom is 0.253 e. The molecule has 4 bridgehead atoms. The molecular formula is C36H32N4O6.